The molecule has 1 N–H and O–H groups in total. The van der Waals surface area contributed by atoms with E-state index in [4.69, 9.17) is 14.2 Å². The van der Waals surface area contributed by atoms with Crippen molar-refractivity contribution in [2.75, 3.05) is 27.4 Å². The Morgan fingerprint density at radius 1 is 1.19 bits per heavy atom. The second-order valence-electron chi connectivity index (χ2n) is 7.57. The lowest BCUT2D eigenvalue weighted by Crippen LogP contribution is -2.15. The Balaban J connectivity index is 1.72. The van der Waals surface area contributed by atoms with Crippen molar-refractivity contribution in [3.8, 4) is 28.6 Å². The Kier molecular flexibility index (Phi) is 6.11. The molecule has 3 heterocycles. The number of ether oxygens (including phenoxy) is 3. The molecule has 0 saturated carbocycles. The van der Waals surface area contributed by atoms with Crippen molar-refractivity contribution in [3.63, 3.8) is 0 Å². The molecule has 1 aliphatic heterocycles. The van der Waals surface area contributed by atoms with Crippen LogP contribution in [0.1, 0.15) is 25.2 Å². The number of benzene rings is 1. The fraction of sp³-hybridized carbons (Fsp3) is 0.409. The van der Waals surface area contributed by atoms with E-state index < -0.39 is 6.55 Å². The van der Waals surface area contributed by atoms with Crippen molar-refractivity contribution in [2.45, 2.75) is 26.3 Å². The summed E-state index contributed by atoms with van der Waals surface area (Å²) in [6.45, 7) is -0.440. The number of nitrogens with zero attached hydrogens (tertiary/aromatic N) is 3. The third kappa shape index (κ3) is 4.17. The highest BCUT2D eigenvalue weighted by Crippen LogP contribution is 2.36. The summed E-state index contributed by atoms with van der Waals surface area (Å²) in [7, 11) is 3.07. The van der Waals surface area contributed by atoms with Gasteiger partial charge in [0.25, 0.3) is 0 Å². The number of nitrogens with one attached hydrogen (secondary N) is 1. The number of hydrogen-bond donors (Lipinski definition) is 1. The van der Waals surface area contributed by atoms with Gasteiger partial charge >= 0.3 is 6.55 Å². The maximum atomic E-state index is 13.8. The van der Waals surface area contributed by atoms with Crippen LogP contribution in [0, 0.1) is 12.8 Å². The second kappa shape index (κ2) is 8.97. The first-order chi connectivity index (χ1) is 15.4. The van der Waals surface area contributed by atoms with E-state index in [1.54, 1.807) is 31.4 Å². The first-order valence-electron chi connectivity index (χ1n) is 10.2. The zero-order valence-corrected chi connectivity index (χ0v) is 18.0. The fourth-order valence-electron chi connectivity index (χ4n) is 3.88. The van der Waals surface area contributed by atoms with Crippen LogP contribution in [0.3, 0.4) is 0 Å². The van der Waals surface area contributed by atoms with E-state index in [0.29, 0.717) is 47.7 Å². The van der Waals surface area contributed by atoms with Gasteiger partial charge < -0.3 is 19.5 Å². The van der Waals surface area contributed by atoms with Crippen molar-refractivity contribution in [1.29, 1.82) is 0 Å². The van der Waals surface area contributed by atoms with Crippen LogP contribution in [-0.4, -0.2) is 47.8 Å². The molecule has 8 nitrogen and oxygen atoms in total. The van der Waals surface area contributed by atoms with Crippen LogP contribution in [0.5, 0.6) is 17.4 Å². The summed E-state index contributed by atoms with van der Waals surface area (Å²) in [4.78, 5) is 20.3. The summed E-state index contributed by atoms with van der Waals surface area (Å²) in [6, 6.07) is 6.94. The van der Waals surface area contributed by atoms with Gasteiger partial charge in [0.15, 0.2) is 11.5 Å². The number of aromatic nitrogens is 3. The minimum absolute atomic E-state index is 0.0115. The summed E-state index contributed by atoms with van der Waals surface area (Å²) in [5, 5.41) is 2.78. The molecule has 170 valence electrons. The molecule has 1 aromatic carbocycles. The third-order valence-electron chi connectivity index (χ3n) is 5.51. The number of amides is 1. The number of aryl methyl sites for hydroxylation is 1. The number of carbonyl (C=O) groups excluding carboxylic acids is 1. The van der Waals surface area contributed by atoms with E-state index in [9.17, 15) is 13.6 Å². The van der Waals surface area contributed by atoms with Crippen molar-refractivity contribution in [2.24, 2.45) is 5.92 Å². The molecule has 0 unspecified atom stereocenters. The number of alkyl halides is 2. The van der Waals surface area contributed by atoms with E-state index in [0.717, 1.165) is 4.57 Å². The number of imidazole rings is 1. The highest BCUT2D eigenvalue weighted by atomic mass is 19.3. The van der Waals surface area contributed by atoms with Gasteiger partial charge in [0.2, 0.25) is 11.8 Å². The SMILES string of the molecule is COc1ccc(-c2cc3nc(C)n(C(F)F)c3c(OCC[C@H]3CNC(=O)C3)n2)cc1OC. The van der Waals surface area contributed by atoms with Gasteiger partial charge in [-0.1, -0.05) is 0 Å². The minimum atomic E-state index is -2.78. The van der Waals surface area contributed by atoms with Gasteiger partial charge in [-0.2, -0.15) is 8.78 Å². The van der Waals surface area contributed by atoms with Crippen molar-refractivity contribution in [1.82, 2.24) is 19.9 Å². The second-order valence-corrected chi connectivity index (χ2v) is 7.57. The Hall–Kier alpha value is -3.43. The van der Waals surface area contributed by atoms with Crippen LogP contribution in [0.2, 0.25) is 0 Å². The van der Waals surface area contributed by atoms with Gasteiger partial charge in [0.05, 0.1) is 32.0 Å². The van der Waals surface area contributed by atoms with Crippen LogP contribution < -0.4 is 19.5 Å². The quantitative estimate of drug-likeness (QED) is 0.568. The molecular formula is C22H24F2N4O4. The molecule has 1 saturated heterocycles. The van der Waals surface area contributed by atoms with E-state index in [2.05, 4.69) is 15.3 Å². The van der Waals surface area contributed by atoms with Crippen LogP contribution in [0.15, 0.2) is 24.3 Å². The Morgan fingerprint density at radius 2 is 1.97 bits per heavy atom. The molecule has 0 radical (unpaired) electrons. The van der Waals surface area contributed by atoms with Gasteiger partial charge in [-0.15, -0.1) is 0 Å². The highest BCUT2D eigenvalue weighted by molar-refractivity contribution is 5.85. The van der Waals surface area contributed by atoms with E-state index in [1.165, 1.54) is 14.0 Å². The van der Waals surface area contributed by atoms with Crippen molar-refractivity contribution < 1.29 is 27.8 Å². The predicted octanol–water partition coefficient (Wildman–Crippen LogP) is 3.72. The first-order valence-corrected chi connectivity index (χ1v) is 10.2. The first kappa shape index (κ1) is 21.8. The zero-order valence-electron chi connectivity index (χ0n) is 18.0. The number of carbonyl (C=O) groups is 1. The largest absolute Gasteiger partial charge is 0.493 e. The maximum absolute atomic E-state index is 13.8. The fourth-order valence-corrected chi connectivity index (χ4v) is 3.88. The Bertz CT molecular complexity index is 1150. The zero-order chi connectivity index (χ0) is 22.8. The lowest BCUT2D eigenvalue weighted by atomic mass is 10.1. The molecule has 4 rings (SSSR count). The number of pyridine rings is 1. The molecule has 1 aliphatic rings. The Labute approximate surface area is 183 Å². The lowest BCUT2D eigenvalue weighted by Gasteiger charge is -2.14. The number of fused-ring (bicyclic) bond motifs is 1. The number of methoxy groups -OCH3 is 2. The topological polar surface area (TPSA) is 87.5 Å². The number of rotatable bonds is 8. The highest BCUT2D eigenvalue weighted by Gasteiger charge is 2.24. The summed E-state index contributed by atoms with van der Waals surface area (Å²) < 4.78 is 44.8. The van der Waals surface area contributed by atoms with Crippen molar-refractivity contribution in [3.05, 3.63) is 30.1 Å². The molecule has 32 heavy (non-hydrogen) atoms. The molecule has 1 fully saturated rings. The normalized spacial score (nSPS) is 15.9. The van der Waals surface area contributed by atoms with Crippen LogP contribution in [0.4, 0.5) is 8.78 Å². The summed E-state index contributed by atoms with van der Waals surface area (Å²) in [5.74, 6) is 1.47. The average molecular weight is 446 g/mol. The minimum Gasteiger partial charge on any atom is -0.493 e. The lowest BCUT2D eigenvalue weighted by molar-refractivity contribution is -0.119. The number of hydrogen-bond acceptors (Lipinski definition) is 6. The molecule has 0 bridgehead atoms. The maximum Gasteiger partial charge on any atom is 0.320 e. The summed E-state index contributed by atoms with van der Waals surface area (Å²) in [6.07, 6.45) is 1.04. The van der Waals surface area contributed by atoms with Crippen LogP contribution >= 0.6 is 0 Å². The van der Waals surface area contributed by atoms with E-state index in [-0.39, 0.29) is 35.7 Å². The third-order valence-corrected chi connectivity index (χ3v) is 5.51. The van der Waals surface area contributed by atoms with E-state index in [1.807, 2.05) is 0 Å². The smallest absolute Gasteiger partial charge is 0.320 e. The molecule has 1 amide bonds. The molecule has 1 atom stereocenters. The molecule has 2 aromatic heterocycles. The van der Waals surface area contributed by atoms with Crippen LogP contribution in [-0.2, 0) is 4.79 Å². The summed E-state index contributed by atoms with van der Waals surface area (Å²) >= 11 is 0. The standard InChI is InChI=1S/C22H24F2N4O4/c1-12-26-16-10-15(14-4-5-17(30-2)18(9-14)31-3)27-21(20(16)28(12)22(23)24)32-7-6-13-8-19(29)25-11-13/h4-5,9-10,13,22H,6-8,11H2,1-3H3,(H,25,29)/t13-/m1/s1. The van der Waals surface area contributed by atoms with Gasteiger partial charge in [-0.05, 0) is 43.5 Å². The molecule has 10 heteroatoms. The van der Waals surface area contributed by atoms with Crippen molar-refractivity contribution >= 4 is 16.9 Å². The van der Waals surface area contributed by atoms with Crippen LogP contribution in [0.25, 0.3) is 22.3 Å². The van der Waals surface area contributed by atoms with Gasteiger partial charge in [0, 0.05) is 18.5 Å². The molecule has 0 aliphatic carbocycles. The molecule has 3 aromatic rings. The average Bonchev–Trinajstić information content (AvgIpc) is 3.34. The Morgan fingerprint density at radius 3 is 2.62 bits per heavy atom. The molecule has 0 spiro atoms. The van der Waals surface area contributed by atoms with Gasteiger partial charge in [-0.3, -0.25) is 9.36 Å². The van der Waals surface area contributed by atoms with E-state index >= 15 is 0 Å². The monoisotopic (exact) mass is 446 g/mol. The summed E-state index contributed by atoms with van der Waals surface area (Å²) in [5.41, 5.74) is 1.70. The number of halogens is 2. The predicted molar refractivity (Wildman–Crippen MR) is 113 cm³/mol. The van der Waals surface area contributed by atoms with Gasteiger partial charge in [0.1, 0.15) is 11.3 Å². The van der Waals surface area contributed by atoms with Gasteiger partial charge in [-0.25, -0.2) is 9.97 Å². The molecular weight excluding hydrogens is 422 g/mol.